The third kappa shape index (κ3) is 2.95. The minimum Gasteiger partial charge on any atom is -0.368 e. The molecule has 0 aliphatic carbocycles. The molecule has 5 nitrogen and oxygen atoms in total. The molecule has 0 saturated carbocycles. The first-order valence-electron chi connectivity index (χ1n) is 5.82. The minimum absolute atomic E-state index is 0.0258. The monoisotopic (exact) mass is 227 g/mol. The zero-order valence-electron chi connectivity index (χ0n) is 10.0. The van der Waals surface area contributed by atoms with Crippen LogP contribution in [0.2, 0.25) is 0 Å². The van der Waals surface area contributed by atoms with Gasteiger partial charge in [-0.2, -0.15) is 0 Å². The lowest BCUT2D eigenvalue weighted by molar-refractivity contribution is -0.143. The molecule has 92 valence electrons. The number of carbonyl (C=O) groups excluding carboxylic acids is 2. The average molecular weight is 227 g/mol. The lowest BCUT2D eigenvalue weighted by Gasteiger charge is -2.35. The Balaban J connectivity index is 2.67. The van der Waals surface area contributed by atoms with Gasteiger partial charge in [-0.3, -0.25) is 9.59 Å². The van der Waals surface area contributed by atoms with Gasteiger partial charge < -0.3 is 16.0 Å². The fourth-order valence-corrected chi connectivity index (χ4v) is 2.17. The summed E-state index contributed by atoms with van der Waals surface area (Å²) in [5, 5.41) is 2.97. The summed E-state index contributed by atoms with van der Waals surface area (Å²) in [7, 11) is 1.81. The van der Waals surface area contributed by atoms with Crippen LogP contribution in [-0.2, 0) is 9.59 Å². The second-order valence-electron chi connectivity index (χ2n) is 4.40. The van der Waals surface area contributed by atoms with Crippen molar-refractivity contribution in [3.8, 4) is 0 Å². The van der Waals surface area contributed by atoms with Crippen LogP contribution in [0.3, 0.4) is 0 Å². The maximum atomic E-state index is 12.1. The van der Waals surface area contributed by atoms with Gasteiger partial charge in [-0.15, -0.1) is 0 Å². The highest BCUT2D eigenvalue weighted by Crippen LogP contribution is 2.18. The van der Waals surface area contributed by atoms with Crippen molar-refractivity contribution in [1.29, 1.82) is 0 Å². The minimum atomic E-state index is -0.402. The van der Waals surface area contributed by atoms with E-state index >= 15 is 0 Å². The van der Waals surface area contributed by atoms with E-state index in [0.29, 0.717) is 19.5 Å². The SMILES string of the molecule is CNCC(C)C(=O)N1CCCCC1C(N)=O. The zero-order valence-corrected chi connectivity index (χ0v) is 10.0. The molecule has 1 heterocycles. The first kappa shape index (κ1) is 13.0. The van der Waals surface area contributed by atoms with Gasteiger partial charge in [0.25, 0.3) is 0 Å². The molecule has 16 heavy (non-hydrogen) atoms. The fraction of sp³-hybridized carbons (Fsp3) is 0.818. The fourth-order valence-electron chi connectivity index (χ4n) is 2.17. The van der Waals surface area contributed by atoms with Gasteiger partial charge in [0.2, 0.25) is 11.8 Å². The molecule has 5 heteroatoms. The van der Waals surface area contributed by atoms with Crippen LogP contribution in [0.25, 0.3) is 0 Å². The summed E-state index contributed by atoms with van der Waals surface area (Å²) in [6.45, 7) is 3.15. The van der Waals surface area contributed by atoms with Crippen LogP contribution >= 0.6 is 0 Å². The zero-order chi connectivity index (χ0) is 12.1. The van der Waals surface area contributed by atoms with Crippen molar-refractivity contribution in [2.24, 2.45) is 11.7 Å². The van der Waals surface area contributed by atoms with Gasteiger partial charge in [0, 0.05) is 19.0 Å². The predicted octanol–water partition coefficient (Wildman–Crippen LogP) is -0.292. The molecule has 1 aliphatic rings. The Labute approximate surface area is 96.4 Å². The lowest BCUT2D eigenvalue weighted by atomic mass is 9.99. The number of hydrogen-bond donors (Lipinski definition) is 2. The van der Waals surface area contributed by atoms with E-state index in [0.717, 1.165) is 12.8 Å². The molecule has 0 spiro atoms. The van der Waals surface area contributed by atoms with Gasteiger partial charge in [-0.05, 0) is 26.3 Å². The number of rotatable bonds is 4. The third-order valence-electron chi connectivity index (χ3n) is 3.05. The van der Waals surface area contributed by atoms with E-state index in [-0.39, 0.29) is 17.7 Å². The molecule has 1 fully saturated rings. The molecule has 0 radical (unpaired) electrons. The Kier molecular flexibility index (Phi) is 4.73. The summed E-state index contributed by atoms with van der Waals surface area (Å²) >= 11 is 0. The highest BCUT2D eigenvalue weighted by Gasteiger charge is 2.32. The summed E-state index contributed by atoms with van der Waals surface area (Å²) in [6.07, 6.45) is 2.63. The Morgan fingerprint density at radius 1 is 1.50 bits per heavy atom. The second kappa shape index (κ2) is 5.84. The van der Waals surface area contributed by atoms with E-state index in [1.165, 1.54) is 0 Å². The van der Waals surface area contributed by atoms with E-state index in [2.05, 4.69) is 5.32 Å². The Bertz CT molecular complexity index is 268. The standard InChI is InChI=1S/C11H21N3O2/c1-8(7-13-2)11(16)14-6-4-3-5-9(14)10(12)15/h8-9,13H,3-7H2,1-2H3,(H2,12,15). The van der Waals surface area contributed by atoms with E-state index in [1.54, 1.807) is 4.90 Å². The second-order valence-corrected chi connectivity index (χ2v) is 4.40. The maximum absolute atomic E-state index is 12.1. The molecule has 2 unspecified atom stereocenters. The van der Waals surface area contributed by atoms with Gasteiger partial charge in [0.05, 0.1) is 0 Å². The Morgan fingerprint density at radius 3 is 2.75 bits per heavy atom. The molecule has 2 amide bonds. The molecule has 1 rings (SSSR count). The van der Waals surface area contributed by atoms with Crippen molar-refractivity contribution < 1.29 is 9.59 Å². The van der Waals surface area contributed by atoms with Crippen molar-refractivity contribution in [2.75, 3.05) is 20.1 Å². The number of nitrogens with two attached hydrogens (primary N) is 1. The van der Waals surface area contributed by atoms with Crippen LogP contribution in [0, 0.1) is 5.92 Å². The molecule has 0 aromatic carbocycles. The number of nitrogens with zero attached hydrogens (tertiary/aromatic N) is 1. The summed E-state index contributed by atoms with van der Waals surface area (Å²) in [5.74, 6) is -0.465. The van der Waals surface area contributed by atoms with Gasteiger partial charge in [0.15, 0.2) is 0 Å². The number of hydrogen-bond acceptors (Lipinski definition) is 3. The van der Waals surface area contributed by atoms with Crippen molar-refractivity contribution >= 4 is 11.8 Å². The summed E-state index contributed by atoms with van der Waals surface area (Å²) in [5.41, 5.74) is 5.32. The van der Waals surface area contributed by atoms with Crippen molar-refractivity contribution in [3.05, 3.63) is 0 Å². The molecule has 1 saturated heterocycles. The van der Waals surface area contributed by atoms with E-state index in [1.807, 2.05) is 14.0 Å². The van der Waals surface area contributed by atoms with E-state index in [4.69, 9.17) is 5.73 Å². The highest BCUT2D eigenvalue weighted by atomic mass is 16.2. The van der Waals surface area contributed by atoms with Gasteiger partial charge >= 0.3 is 0 Å². The average Bonchev–Trinajstić information content (AvgIpc) is 2.28. The Hall–Kier alpha value is -1.10. The topological polar surface area (TPSA) is 75.4 Å². The number of piperidine rings is 1. The molecular weight excluding hydrogens is 206 g/mol. The highest BCUT2D eigenvalue weighted by molar-refractivity contribution is 5.87. The van der Waals surface area contributed by atoms with Gasteiger partial charge in [-0.25, -0.2) is 0 Å². The Morgan fingerprint density at radius 2 is 2.19 bits per heavy atom. The van der Waals surface area contributed by atoms with Crippen molar-refractivity contribution in [3.63, 3.8) is 0 Å². The van der Waals surface area contributed by atoms with Crippen molar-refractivity contribution in [1.82, 2.24) is 10.2 Å². The normalized spacial score (nSPS) is 22.9. The van der Waals surface area contributed by atoms with Crippen LogP contribution in [0.4, 0.5) is 0 Å². The predicted molar refractivity (Wildman–Crippen MR) is 61.6 cm³/mol. The van der Waals surface area contributed by atoms with Gasteiger partial charge in [0.1, 0.15) is 6.04 Å². The number of amides is 2. The lowest BCUT2D eigenvalue weighted by Crippen LogP contribution is -2.52. The number of likely N-dealkylation sites (tertiary alicyclic amines) is 1. The smallest absolute Gasteiger partial charge is 0.240 e. The number of carbonyl (C=O) groups is 2. The van der Waals surface area contributed by atoms with Crippen LogP contribution in [0.5, 0.6) is 0 Å². The van der Waals surface area contributed by atoms with E-state index in [9.17, 15) is 9.59 Å². The van der Waals surface area contributed by atoms with Gasteiger partial charge in [-0.1, -0.05) is 6.92 Å². The third-order valence-corrected chi connectivity index (χ3v) is 3.05. The molecule has 0 aromatic heterocycles. The first-order valence-corrected chi connectivity index (χ1v) is 5.82. The summed E-state index contributed by atoms with van der Waals surface area (Å²) in [4.78, 5) is 25.0. The van der Waals surface area contributed by atoms with Crippen LogP contribution in [0.15, 0.2) is 0 Å². The van der Waals surface area contributed by atoms with Crippen molar-refractivity contribution in [2.45, 2.75) is 32.2 Å². The molecule has 3 N–H and O–H groups in total. The quantitative estimate of drug-likeness (QED) is 0.693. The number of nitrogens with one attached hydrogen (secondary N) is 1. The molecule has 1 aliphatic heterocycles. The van der Waals surface area contributed by atoms with Crippen LogP contribution in [0.1, 0.15) is 26.2 Å². The molecule has 2 atom stereocenters. The summed E-state index contributed by atoms with van der Waals surface area (Å²) in [6, 6.07) is -0.402. The maximum Gasteiger partial charge on any atom is 0.240 e. The van der Waals surface area contributed by atoms with Crippen LogP contribution in [-0.4, -0.2) is 42.9 Å². The molecular formula is C11H21N3O2. The van der Waals surface area contributed by atoms with E-state index < -0.39 is 6.04 Å². The van der Waals surface area contributed by atoms with Crippen LogP contribution < -0.4 is 11.1 Å². The molecule has 0 aromatic rings. The molecule has 0 bridgehead atoms. The summed E-state index contributed by atoms with van der Waals surface area (Å²) < 4.78 is 0. The number of primary amides is 1. The first-order chi connectivity index (χ1) is 7.57. The largest absolute Gasteiger partial charge is 0.368 e.